The molecule has 0 saturated heterocycles. The summed E-state index contributed by atoms with van der Waals surface area (Å²) in [6.45, 7) is 7.97. The molecule has 0 aliphatic rings. The average Bonchev–Trinajstić information content (AvgIpc) is 1.35. The molecule has 0 saturated carbocycles. The van der Waals surface area contributed by atoms with Crippen molar-refractivity contribution in [2.75, 3.05) is 0 Å². The van der Waals surface area contributed by atoms with E-state index in [1.165, 1.54) is 18.4 Å². The Morgan fingerprint density at radius 3 is 2.00 bits per heavy atom. The van der Waals surface area contributed by atoms with Gasteiger partial charge in [0.15, 0.2) is 0 Å². The Kier molecular flexibility index (Phi) is 8.55. The summed E-state index contributed by atoms with van der Waals surface area (Å²) in [5.41, 5.74) is 1.29. The predicted molar refractivity (Wildman–Crippen MR) is 41.1 cm³/mol. The Morgan fingerprint density at radius 2 is 2.00 bits per heavy atom. The predicted octanol–water partition coefficient (Wildman–Crippen LogP) is 0.911. The van der Waals surface area contributed by atoms with Crippen LogP contribution in [0.5, 0.6) is 0 Å². The topological polar surface area (TPSA) is 0 Å². The molecule has 0 atom stereocenters. The van der Waals surface area contributed by atoms with Crippen molar-refractivity contribution >= 4 is 11.0 Å². The van der Waals surface area contributed by atoms with Gasteiger partial charge in [-0.25, -0.2) is 0 Å². The Bertz CT molecular complexity index is 48.1. The average molecular weight is 116 g/mol. The molecule has 0 aliphatic carbocycles. The molecular weight excluding hydrogens is 100 g/mol. The quantitative estimate of drug-likeness (QED) is 0.371. The van der Waals surface area contributed by atoms with E-state index < -0.39 is 0 Å². The van der Waals surface area contributed by atoms with Crippen LogP contribution in [0.3, 0.4) is 0 Å². The van der Waals surface area contributed by atoms with Crippen LogP contribution in [-0.2, 0) is 0 Å². The van der Waals surface area contributed by atoms with Gasteiger partial charge in [-0.3, -0.25) is 0 Å². The minimum Gasteiger partial charge on any atom is -0.100 e. The molecule has 0 aromatic carbocycles. The molecule has 1 heteroatoms. The molecule has 0 heterocycles. The van der Waals surface area contributed by atoms with Gasteiger partial charge in [0, 0.05) is 0 Å². The van der Waals surface area contributed by atoms with E-state index in [0.717, 1.165) is 0 Å². The van der Waals surface area contributed by atoms with Crippen LogP contribution >= 0.6 is 0 Å². The molecule has 7 heavy (non-hydrogen) atoms. The Balaban J connectivity index is 0. The van der Waals surface area contributed by atoms with Crippen LogP contribution in [0, 0.1) is 0 Å². The highest BCUT2D eigenvalue weighted by Gasteiger charge is 1.76. The monoisotopic (exact) mass is 116 g/mol. The van der Waals surface area contributed by atoms with E-state index in [-0.39, 0.29) is 11.0 Å². The minimum atomic E-state index is 0. The number of rotatable bonds is 2. The fourth-order valence-corrected chi connectivity index (χ4v) is 0.427. The van der Waals surface area contributed by atoms with Crippen LogP contribution < -0.4 is 0 Å². The molecule has 0 nitrogen and oxygen atoms in total. The van der Waals surface area contributed by atoms with Crippen molar-refractivity contribution in [1.82, 2.24) is 0 Å². The summed E-state index contributed by atoms with van der Waals surface area (Å²) in [5.74, 6) is 0. The lowest BCUT2D eigenvalue weighted by Gasteiger charge is -1.87. The van der Waals surface area contributed by atoms with E-state index in [0.29, 0.717) is 0 Å². The van der Waals surface area contributed by atoms with Crippen molar-refractivity contribution in [2.45, 2.75) is 26.7 Å². The van der Waals surface area contributed by atoms with E-state index in [4.69, 9.17) is 0 Å². The maximum atomic E-state index is 3.74. The van der Waals surface area contributed by atoms with Gasteiger partial charge in [0.1, 0.15) is 0 Å². The molecule has 0 rings (SSSR count). The van der Waals surface area contributed by atoms with Gasteiger partial charge in [0.05, 0.1) is 0 Å². The molecule has 0 spiro atoms. The lowest BCUT2D eigenvalue weighted by atomic mass is 10.2. The third-order valence-electron chi connectivity index (χ3n) is 0.677. The summed E-state index contributed by atoms with van der Waals surface area (Å²) in [6.07, 6.45) is 2.41. The summed E-state index contributed by atoms with van der Waals surface area (Å²) >= 11 is 0. The molecule has 0 bridgehead atoms. The molecule has 0 aromatic heterocycles. The van der Waals surface area contributed by atoms with E-state index in [1.807, 2.05) is 0 Å². The molecule has 0 fully saturated rings. The molecule has 0 amide bonds. The molecule has 0 radical (unpaired) electrons. The largest absolute Gasteiger partial charge is 0.100 e. The van der Waals surface area contributed by atoms with Gasteiger partial charge < -0.3 is 0 Å². The van der Waals surface area contributed by atoms with Gasteiger partial charge in [0.25, 0.3) is 0 Å². The highest BCUT2D eigenvalue weighted by molar-refractivity contribution is 5.75. The number of allylic oxidation sites excluding steroid dienone is 1. The van der Waals surface area contributed by atoms with Crippen LogP contribution in [0.4, 0.5) is 0 Å². The first-order chi connectivity index (χ1) is 2.77. The first kappa shape index (κ1) is 10.0. The van der Waals surface area contributed by atoms with Gasteiger partial charge >= 0.3 is 0 Å². The maximum Gasteiger partial charge on any atom is -0.0149 e. The molecule has 0 N–H and O–H groups in total. The smallest absolute Gasteiger partial charge is 0.0149 e. The highest BCUT2D eigenvalue weighted by Crippen LogP contribution is 1.96. The number of hydrogen-bond acceptors (Lipinski definition) is 0. The zero-order chi connectivity index (χ0) is 4.99. The lowest BCUT2D eigenvalue weighted by Crippen LogP contribution is -1.66. The van der Waals surface area contributed by atoms with Crippen molar-refractivity contribution in [1.29, 1.82) is 0 Å². The molecule has 44 valence electrons. The molecule has 0 aliphatic heterocycles. The van der Waals surface area contributed by atoms with Crippen molar-refractivity contribution < 1.29 is 0 Å². The van der Waals surface area contributed by atoms with E-state index in [9.17, 15) is 0 Å². The van der Waals surface area contributed by atoms with Crippen LogP contribution in [0.25, 0.3) is 0 Å². The van der Waals surface area contributed by atoms with Crippen LogP contribution in [0.1, 0.15) is 26.7 Å². The second-order valence-electron chi connectivity index (χ2n) is 1.71. The summed E-state index contributed by atoms with van der Waals surface area (Å²) in [6, 6.07) is 0. The third kappa shape index (κ3) is 10.7. The van der Waals surface area contributed by atoms with Crippen LogP contribution in [-0.4, -0.2) is 11.0 Å². The summed E-state index contributed by atoms with van der Waals surface area (Å²) in [7, 11) is 0. The van der Waals surface area contributed by atoms with Crippen LogP contribution in [0.15, 0.2) is 12.2 Å². The van der Waals surface area contributed by atoms with Crippen LogP contribution in [0.2, 0.25) is 0 Å². The highest BCUT2D eigenvalue weighted by atomic mass is 28.1. The summed E-state index contributed by atoms with van der Waals surface area (Å²) < 4.78 is 0. The van der Waals surface area contributed by atoms with E-state index >= 15 is 0 Å². The van der Waals surface area contributed by atoms with Crippen molar-refractivity contribution in [3.8, 4) is 0 Å². The molecule has 0 unspecified atom stereocenters. The zero-order valence-electron chi connectivity index (χ0n) is 4.62. The Labute approximate surface area is 50.6 Å². The maximum absolute atomic E-state index is 3.74. The van der Waals surface area contributed by atoms with Gasteiger partial charge in [-0.2, -0.15) is 0 Å². The first-order valence-corrected chi connectivity index (χ1v) is 2.41. The van der Waals surface area contributed by atoms with Gasteiger partial charge in [-0.1, -0.05) is 18.9 Å². The van der Waals surface area contributed by atoms with Crippen molar-refractivity contribution in [3.63, 3.8) is 0 Å². The molecule has 0 aromatic rings. The Morgan fingerprint density at radius 1 is 1.57 bits per heavy atom. The first-order valence-electron chi connectivity index (χ1n) is 2.41. The van der Waals surface area contributed by atoms with Gasteiger partial charge in [-0.15, -0.1) is 6.58 Å². The lowest BCUT2D eigenvalue weighted by molar-refractivity contribution is 0.910. The van der Waals surface area contributed by atoms with Gasteiger partial charge in [0.2, 0.25) is 0 Å². The SMILES string of the molecule is C=C(C)CCC.[SiH4]. The standard InChI is InChI=1S/C6H12.H4Si/c1-4-5-6(2)3;/h2,4-5H2,1,3H3;1H4. The van der Waals surface area contributed by atoms with Gasteiger partial charge in [-0.05, 0) is 24.3 Å². The Hall–Kier alpha value is -0.0431. The van der Waals surface area contributed by atoms with E-state index in [2.05, 4.69) is 20.4 Å². The summed E-state index contributed by atoms with van der Waals surface area (Å²) in [4.78, 5) is 0. The third-order valence-corrected chi connectivity index (χ3v) is 0.677. The molecular formula is C6H16Si. The van der Waals surface area contributed by atoms with Crippen molar-refractivity contribution in [3.05, 3.63) is 12.2 Å². The fraction of sp³-hybridized carbons (Fsp3) is 0.667. The summed E-state index contributed by atoms with van der Waals surface area (Å²) in [5, 5.41) is 0. The zero-order valence-corrected chi connectivity index (χ0v) is 4.62. The van der Waals surface area contributed by atoms with Crippen molar-refractivity contribution in [2.24, 2.45) is 0 Å². The number of hydrogen-bond donors (Lipinski definition) is 0. The second kappa shape index (κ2) is 5.96. The minimum absolute atomic E-state index is 0. The second-order valence-corrected chi connectivity index (χ2v) is 1.71. The fourth-order valence-electron chi connectivity index (χ4n) is 0.427. The van der Waals surface area contributed by atoms with E-state index in [1.54, 1.807) is 0 Å². The normalized spacial score (nSPS) is 7.14.